The molecule has 1 aromatic carbocycles. The monoisotopic (exact) mass is 268 g/mol. The van der Waals surface area contributed by atoms with Crippen LogP contribution in [0.3, 0.4) is 0 Å². The van der Waals surface area contributed by atoms with Crippen molar-refractivity contribution in [2.75, 3.05) is 31.1 Å². The van der Waals surface area contributed by atoms with E-state index in [1.807, 2.05) is 6.07 Å². The lowest BCUT2D eigenvalue weighted by atomic mass is 10.2. The van der Waals surface area contributed by atoms with Crippen LogP contribution in [-0.4, -0.2) is 37.1 Å². The van der Waals surface area contributed by atoms with Crippen molar-refractivity contribution in [3.05, 3.63) is 29.0 Å². The molecule has 0 saturated carbocycles. The minimum absolute atomic E-state index is 0.205. The van der Waals surface area contributed by atoms with E-state index in [0.29, 0.717) is 6.04 Å². The molecule has 2 saturated heterocycles. The van der Waals surface area contributed by atoms with Crippen LogP contribution in [0.2, 0.25) is 5.02 Å². The van der Waals surface area contributed by atoms with Crippen LogP contribution in [0.1, 0.15) is 19.3 Å². The van der Waals surface area contributed by atoms with Crippen LogP contribution in [-0.2, 0) is 0 Å². The number of hydrogen-bond donors (Lipinski definition) is 0. The highest BCUT2D eigenvalue weighted by Gasteiger charge is 2.28. The topological polar surface area (TPSA) is 6.48 Å². The molecule has 2 fully saturated rings. The van der Waals surface area contributed by atoms with Crippen molar-refractivity contribution in [2.45, 2.75) is 25.3 Å². The molecule has 2 aliphatic heterocycles. The van der Waals surface area contributed by atoms with E-state index in [-0.39, 0.29) is 10.8 Å². The number of halogens is 2. The zero-order chi connectivity index (χ0) is 12.5. The Kier molecular flexibility index (Phi) is 3.44. The van der Waals surface area contributed by atoms with E-state index in [1.54, 1.807) is 12.1 Å². The maximum absolute atomic E-state index is 13.5. The molecule has 1 atom stereocenters. The molecular weight excluding hydrogens is 251 g/mol. The van der Waals surface area contributed by atoms with Crippen LogP contribution in [0.25, 0.3) is 0 Å². The lowest BCUT2D eigenvalue weighted by molar-refractivity contribution is 0.273. The van der Waals surface area contributed by atoms with Crippen molar-refractivity contribution in [3.63, 3.8) is 0 Å². The zero-order valence-corrected chi connectivity index (χ0v) is 11.2. The summed E-state index contributed by atoms with van der Waals surface area (Å²) in [5.41, 5.74) is 0.964. The first-order valence-corrected chi connectivity index (χ1v) is 7.06. The number of rotatable bonds is 1. The summed E-state index contributed by atoms with van der Waals surface area (Å²) < 4.78 is 13.5. The molecule has 0 bridgehead atoms. The Morgan fingerprint density at radius 3 is 2.83 bits per heavy atom. The average Bonchev–Trinajstić information content (AvgIpc) is 2.70. The Labute approximate surface area is 112 Å². The third kappa shape index (κ3) is 2.34. The second kappa shape index (κ2) is 5.06. The minimum atomic E-state index is -0.318. The molecule has 4 heteroatoms. The summed E-state index contributed by atoms with van der Waals surface area (Å²) >= 11 is 5.74. The third-order valence-electron chi connectivity index (χ3n) is 4.07. The van der Waals surface area contributed by atoms with Gasteiger partial charge in [-0.2, -0.15) is 0 Å². The number of benzene rings is 1. The van der Waals surface area contributed by atoms with E-state index in [2.05, 4.69) is 9.80 Å². The molecule has 0 N–H and O–H groups in total. The maximum Gasteiger partial charge on any atom is 0.143 e. The molecule has 2 nitrogen and oxygen atoms in total. The van der Waals surface area contributed by atoms with Crippen molar-refractivity contribution in [1.29, 1.82) is 0 Å². The molecule has 0 spiro atoms. The molecular formula is C14H18ClFN2. The summed E-state index contributed by atoms with van der Waals surface area (Å²) in [5, 5.41) is 0.205. The predicted molar refractivity (Wildman–Crippen MR) is 72.8 cm³/mol. The SMILES string of the molecule is Fc1cc(N2CCCN3CCCC3C2)ccc1Cl. The van der Waals surface area contributed by atoms with Crippen LogP contribution >= 0.6 is 11.6 Å². The summed E-state index contributed by atoms with van der Waals surface area (Å²) in [6.45, 7) is 4.43. The van der Waals surface area contributed by atoms with E-state index >= 15 is 0 Å². The van der Waals surface area contributed by atoms with Gasteiger partial charge in [-0.1, -0.05) is 11.6 Å². The summed E-state index contributed by atoms with van der Waals surface area (Å²) in [5.74, 6) is -0.318. The van der Waals surface area contributed by atoms with E-state index in [9.17, 15) is 4.39 Å². The van der Waals surface area contributed by atoms with Gasteiger partial charge in [-0.3, -0.25) is 4.90 Å². The number of anilines is 1. The predicted octanol–water partition coefficient (Wildman–Crippen LogP) is 3.15. The van der Waals surface area contributed by atoms with Crippen LogP contribution in [0.4, 0.5) is 10.1 Å². The molecule has 18 heavy (non-hydrogen) atoms. The summed E-state index contributed by atoms with van der Waals surface area (Å²) in [6, 6.07) is 5.79. The fourth-order valence-corrected chi connectivity index (χ4v) is 3.24. The first-order valence-electron chi connectivity index (χ1n) is 6.68. The first-order chi connectivity index (χ1) is 8.74. The van der Waals surface area contributed by atoms with Gasteiger partial charge in [0.15, 0.2) is 0 Å². The smallest absolute Gasteiger partial charge is 0.143 e. The molecule has 0 amide bonds. The summed E-state index contributed by atoms with van der Waals surface area (Å²) in [6.07, 6.45) is 3.72. The minimum Gasteiger partial charge on any atom is -0.370 e. The van der Waals surface area contributed by atoms with E-state index in [1.165, 1.54) is 25.9 Å². The van der Waals surface area contributed by atoms with E-state index in [0.717, 1.165) is 25.2 Å². The van der Waals surface area contributed by atoms with Crippen molar-refractivity contribution >= 4 is 17.3 Å². The molecule has 0 aromatic heterocycles. The number of fused-ring (bicyclic) bond motifs is 1. The zero-order valence-electron chi connectivity index (χ0n) is 10.4. The maximum atomic E-state index is 13.5. The van der Waals surface area contributed by atoms with Gasteiger partial charge in [0.1, 0.15) is 5.82 Å². The van der Waals surface area contributed by atoms with Gasteiger partial charge in [0.25, 0.3) is 0 Å². The first kappa shape index (κ1) is 12.2. The molecule has 2 aliphatic rings. The van der Waals surface area contributed by atoms with Gasteiger partial charge in [-0.15, -0.1) is 0 Å². The van der Waals surface area contributed by atoms with Crippen molar-refractivity contribution in [2.24, 2.45) is 0 Å². The molecule has 2 heterocycles. The Morgan fingerprint density at radius 1 is 1.17 bits per heavy atom. The fourth-order valence-electron chi connectivity index (χ4n) is 3.12. The highest BCUT2D eigenvalue weighted by atomic mass is 35.5. The highest BCUT2D eigenvalue weighted by molar-refractivity contribution is 6.30. The van der Waals surface area contributed by atoms with Crippen LogP contribution in [0.15, 0.2) is 18.2 Å². The molecule has 98 valence electrons. The van der Waals surface area contributed by atoms with Crippen LogP contribution in [0, 0.1) is 5.82 Å². The van der Waals surface area contributed by atoms with Gasteiger partial charge >= 0.3 is 0 Å². The van der Waals surface area contributed by atoms with Crippen molar-refractivity contribution in [3.8, 4) is 0 Å². The van der Waals surface area contributed by atoms with Crippen LogP contribution < -0.4 is 4.90 Å². The van der Waals surface area contributed by atoms with E-state index in [4.69, 9.17) is 11.6 Å². The molecule has 0 aliphatic carbocycles. The van der Waals surface area contributed by atoms with Crippen molar-refractivity contribution in [1.82, 2.24) is 4.90 Å². The van der Waals surface area contributed by atoms with Gasteiger partial charge in [-0.05, 0) is 44.0 Å². The molecule has 1 unspecified atom stereocenters. The lowest BCUT2D eigenvalue weighted by Gasteiger charge is -2.27. The Bertz CT molecular complexity index is 438. The third-order valence-corrected chi connectivity index (χ3v) is 4.38. The van der Waals surface area contributed by atoms with Gasteiger partial charge in [-0.25, -0.2) is 4.39 Å². The summed E-state index contributed by atoms with van der Waals surface area (Å²) in [4.78, 5) is 4.88. The fraction of sp³-hybridized carbons (Fsp3) is 0.571. The Balaban J connectivity index is 1.80. The normalized spacial score (nSPS) is 25.0. The van der Waals surface area contributed by atoms with Crippen LogP contribution in [0.5, 0.6) is 0 Å². The standard InChI is InChI=1S/C14H18ClFN2/c15-13-5-4-11(9-14(13)16)18-8-2-7-17-6-1-3-12(17)10-18/h4-5,9,12H,1-3,6-8,10H2. The molecule has 3 rings (SSSR count). The number of nitrogens with zero attached hydrogens (tertiary/aromatic N) is 2. The average molecular weight is 269 g/mol. The second-order valence-corrected chi connectivity index (χ2v) is 5.64. The van der Waals surface area contributed by atoms with Gasteiger partial charge in [0, 0.05) is 31.4 Å². The largest absolute Gasteiger partial charge is 0.370 e. The molecule has 0 radical (unpaired) electrons. The quantitative estimate of drug-likeness (QED) is 0.772. The molecule has 1 aromatic rings. The van der Waals surface area contributed by atoms with Gasteiger partial charge in [0.2, 0.25) is 0 Å². The lowest BCUT2D eigenvalue weighted by Crippen LogP contribution is -2.36. The summed E-state index contributed by atoms with van der Waals surface area (Å²) in [7, 11) is 0. The van der Waals surface area contributed by atoms with Gasteiger partial charge < -0.3 is 4.90 Å². The van der Waals surface area contributed by atoms with E-state index < -0.39 is 0 Å². The van der Waals surface area contributed by atoms with Gasteiger partial charge in [0.05, 0.1) is 5.02 Å². The Hall–Kier alpha value is -0.800. The Morgan fingerprint density at radius 2 is 2.00 bits per heavy atom. The number of hydrogen-bond acceptors (Lipinski definition) is 2. The van der Waals surface area contributed by atoms with Crippen molar-refractivity contribution < 1.29 is 4.39 Å². The second-order valence-electron chi connectivity index (χ2n) is 5.23. The highest BCUT2D eigenvalue weighted by Crippen LogP contribution is 2.27.